The van der Waals surface area contributed by atoms with Crippen LogP contribution in [0, 0.1) is 0 Å². The zero-order valence-electron chi connectivity index (χ0n) is 21.2. The quantitative estimate of drug-likeness (QED) is 0.341. The van der Waals surface area contributed by atoms with Gasteiger partial charge in [-0.3, -0.25) is 14.6 Å². The Labute approximate surface area is 237 Å². The molecule has 0 radical (unpaired) electrons. The second kappa shape index (κ2) is 12.7. The molecule has 0 bridgehead atoms. The number of hydrazine groups is 1. The number of halogens is 2. The van der Waals surface area contributed by atoms with E-state index in [0.717, 1.165) is 30.4 Å². The van der Waals surface area contributed by atoms with Gasteiger partial charge in [0.25, 0.3) is 21.8 Å². The number of anilines is 1. The molecular weight excluding hydrogens is 563 g/mol. The van der Waals surface area contributed by atoms with Gasteiger partial charge in [-0.15, -0.1) is 0 Å². The number of benzene rings is 3. The first kappa shape index (κ1) is 28.7. The van der Waals surface area contributed by atoms with Crippen LogP contribution in [0.1, 0.15) is 30.1 Å². The lowest BCUT2D eigenvalue weighted by Gasteiger charge is -2.30. The van der Waals surface area contributed by atoms with Crippen molar-refractivity contribution >= 4 is 50.7 Å². The van der Waals surface area contributed by atoms with Crippen LogP contribution < -0.4 is 14.6 Å². The molecule has 1 heterocycles. The Hall–Kier alpha value is -3.31. The standard InChI is InChI=1S/C27H28Cl2N4O5S/c1-2-32(31-16-6-7-17-31)26(34)19-30-27(35)20-10-13-23(14-11-20)39(36,37)33(22-8-4-3-5-9-22)38-25-15-12-21(28)18-24(25)29/h3-5,8-15,18H,2,6-7,16-17,19H2,1H3,(H,30,35). The number of hydrogen-bond acceptors (Lipinski definition) is 6. The van der Waals surface area contributed by atoms with Gasteiger partial charge in [0.05, 0.1) is 22.2 Å². The monoisotopic (exact) mass is 590 g/mol. The van der Waals surface area contributed by atoms with Crippen LogP contribution in [0.3, 0.4) is 0 Å². The molecule has 1 aliphatic rings. The molecular formula is C27H28Cl2N4O5S. The first-order valence-electron chi connectivity index (χ1n) is 12.4. The van der Waals surface area contributed by atoms with Crippen LogP contribution in [0.4, 0.5) is 5.69 Å². The molecule has 0 saturated carbocycles. The highest BCUT2D eigenvalue weighted by molar-refractivity contribution is 7.92. The minimum absolute atomic E-state index is 0.0872. The average Bonchev–Trinajstić information content (AvgIpc) is 3.46. The molecule has 12 heteroatoms. The van der Waals surface area contributed by atoms with Crippen LogP contribution in [0.5, 0.6) is 5.75 Å². The van der Waals surface area contributed by atoms with Crippen molar-refractivity contribution in [2.24, 2.45) is 0 Å². The number of nitrogens with one attached hydrogen (secondary N) is 1. The Balaban J connectivity index is 1.50. The van der Waals surface area contributed by atoms with E-state index in [-0.39, 0.29) is 39.4 Å². The van der Waals surface area contributed by atoms with Crippen molar-refractivity contribution in [3.05, 3.63) is 88.4 Å². The van der Waals surface area contributed by atoms with Crippen LogP contribution >= 0.6 is 23.2 Å². The summed E-state index contributed by atoms with van der Waals surface area (Å²) < 4.78 is 28.0. The lowest BCUT2D eigenvalue weighted by atomic mass is 10.2. The number of rotatable bonds is 10. The van der Waals surface area contributed by atoms with Gasteiger partial charge in [0, 0.05) is 30.2 Å². The molecule has 1 saturated heterocycles. The van der Waals surface area contributed by atoms with Crippen molar-refractivity contribution in [3.8, 4) is 5.75 Å². The van der Waals surface area contributed by atoms with E-state index in [4.69, 9.17) is 28.0 Å². The first-order valence-corrected chi connectivity index (χ1v) is 14.6. The van der Waals surface area contributed by atoms with Crippen LogP contribution in [0.2, 0.25) is 10.0 Å². The van der Waals surface area contributed by atoms with Gasteiger partial charge >= 0.3 is 0 Å². The molecule has 206 valence electrons. The molecule has 9 nitrogen and oxygen atoms in total. The highest BCUT2D eigenvalue weighted by Gasteiger charge is 2.29. The van der Waals surface area contributed by atoms with Crippen molar-refractivity contribution in [2.45, 2.75) is 24.7 Å². The third kappa shape index (κ3) is 6.83. The van der Waals surface area contributed by atoms with E-state index in [1.54, 1.807) is 35.3 Å². The smallest absolute Gasteiger partial charge is 0.295 e. The summed E-state index contributed by atoms with van der Waals surface area (Å²) in [6.07, 6.45) is 2.07. The zero-order chi connectivity index (χ0) is 28.0. The summed E-state index contributed by atoms with van der Waals surface area (Å²) in [6, 6.07) is 18.0. The van der Waals surface area contributed by atoms with E-state index in [2.05, 4.69) is 5.32 Å². The summed E-state index contributed by atoms with van der Waals surface area (Å²) in [6.45, 7) is 3.87. The summed E-state index contributed by atoms with van der Waals surface area (Å²) in [4.78, 5) is 31.0. The normalized spacial score (nSPS) is 13.6. The van der Waals surface area contributed by atoms with E-state index in [1.165, 1.54) is 42.5 Å². The molecule has 2 amide bonds. The second-order valence-electron chi connectivity index (χ2n) is 8.71. The summed E-state index contributed by atoms with van der Waals surface area (Å²) in [5, 5.41) is 6.76. The molecule has 0 atom stereocenters. The third-order valence-electron chi connectivity index (χ3n) is 6.09. The third-order valence-corrected chi connectivity index (χ3v) is 8.21. The lowest BCUT2D eigenvalue weighted by molar-refractivity contribution is -0.145. The summed E-state index contributed by atoms with van der Waals surface area (Å²) in [5.74, 6) is -0.610. The van der Waals surface area contributed by atoms with Gasteiger partial charge in [-0.05, 0) is 74.4 Å². The number of carbonyl (C=O) groups is 2. The van der Waals surface area contributed by atoms with Crippen LogP contribution in [0.25, 0.3) is 0 Å². The van der Waals surface area contributed by atoms with Crippen LogP contribution in [-0.2, 0) is 14.8 Å². The van der Waals surface area contributed by atoms with Gasteiger partial charge in [0.1, 0.15) is 0 Å². The Kier molecular flexibility index (Phi) is 9.34. The molecule has 0 aliphatic carbocycles. The van der Waals surface area contributed by atoms with Gasteiger partial charge in [-0.1, -0.05) is 45.9 Å². The second-order valence-corrected chi connectivity index (χ2v) is 11.3. The number of hydrogen-bond donors (Lipinski definition) is 1. The average molecular weight is 592 g/mol. The van der Waals surface area contributed by atoms with E-state index in [0.29, 0.717) is 11.6 Å². The molecule has 4 rings (SSSR count). The van der Waals surface area contributed by atoms with Crippen molar-refractivity contribution in [3.63, 3.8) is 0 Å². The summed E-state index contributed by atoms with van der Waals surface area (Å²) in [5.41, 5.74) is 0.446. The lowest BCUT2D eigenvalue weighted by Crippen LogP contribution is -2.48. The van der Waals surface area contributed by atoms with Crippen molar-refractivity contribution in [1.82, 2.24) is 15.3 Å². The Morgan fingerprint density at radius 3 is 2.26 bits per heavy atom. The SMILES string of the molecule is CCN(C(=O)CNC(=O)c1ccc(S(=O)(=O)N(Oc2ccc(Cl)cc2Cl)c2ccccc2)cc1)N1CCCC1. The molecule has 1 aliphatic heterocycles. The number of carbonyl (C=O) groups excluding carboxylic acids is 2. The highest BCUT2D eigenvalue weighted by atomic mass is 35.5. The molecule has 0 aromatic heterocycles. The van der Waals surface area contributed by atoms with Crippen LogP contribution in [-0.4, -0.2) is 56.4 Å². The maximum atomic E-state index is 13.6. The van der Waals surface area contributed by atoms with E-state index >= 15 is 0 Å². The van der Waals surface area contributed by atoms with Gasteiger partial charge in [0.15, 0.2) is 5.75 Å². The van der Waals surface area contributed by atoms with Crippen molar-refractivity contribution in [2.75, 3.05) is 30.6 Å². The van der Waals surface area contributed by atoms with Crippen molar-refractivity contribution in [1.29, 1.82) is 0 Å². The fraction of sp³-hybridized carbons (Fsp3) is 0.259. The minimum Gasteiger partial charge on any atom is -0.363 e. The zero-order valence-corrected chi connectivity index (χ0v) is 23.5. The highest BCUT2D eigenvalue weighted by Crippen LogP contribution is 2.32. The fourth-order valence-electron chi connectivity index (χ4n) is 4.13. The fourth-order valence-corrected chi connectivity index (χ4v) is 5.82. The predicted molar refractivity (Wildman–Crippen MR) is 150 cm³/mol. The number of likely N-dealkylation sites (N-methyl/N-ethyl adjacent to an activating group) is 1. The molecule has 1 N–H and O–H groups in total. The number of para-hydroxylation sites is 1. The topological polar surface area (TPSA) is 99.3 Å². The number of nitrogens with zero attached hydrogens (tertiary/aromatic N) is 3. The van der Waals surface area contributed by atoms with E-state index < -0.39 is 15.9 Å². The Morgan fingerprint density at radius 2 is 1.64 bits per heavy atom. The molecule has 3 aromatic rings. The van der Waals surface area contributed by atoms with Gasteiger partial charge in [-0.25, -0.2) is 5.01 Å². The minimum atomic E-state index is -4.25. The molecule has 1 fully saturated rings. The number of amides is 2. The first-order chi connectivity index (χ1) is 18.7. The van der Waals surface area contributed by atoms with Crippen LogP contribution in [0.15, 0.2) is 77.7 Å². The van der Waals surface area contributed by atoms with Crippen molar-refractivity contribution < 1.29 is 22.8 Å². The molecule has 39 heavy (non-hydrogen) atoms. The Morgan fingerprint density at radius 1 is 0.974 bits per heavy atom. The molecule has 3 aromatic carbocycles. The summed E-state index contributed by atoms with van der Waals surface area (Å²) in [7, 11) is -4.25. The van der Waals surface area contributed by atoms with E-state index in [1.807, 2.05) is 11.9 Å². The predicted octanol–water partition coefficient (Wildman–Crippen LogP) is 4.77. The maximum Gasteiger partial charge on any atom is 0.295 e. The van der Waals surface area contributed by atoms with Gasteiger partial charge in [-0.2, -0.15) is 8.42 Å². The Bertz CT molecular complexity index is 1420. The van der Waals surface area contributed by atoms with E-state index in [9.17, 15) is 18.0 Å². The largest absolute Gasteiger partial charge is 0.363 e. The van der Waals surface area contributed by atoms with Gasteiger partial charge in [0.2, 0.25) is 0 Å². The molecule has 0 unspecified atom stereocenters. The van der Waals surface area contributed by atoms with Gasteiger partial charge < -0.3 is 10.2 Å². The maximum absolute atomic E-state index is 13.6. The molecule has 0 spiro atoms. The summed E-state index contributed by atoms with van der Waals surface area (Å²) >= 11 is 12.2. The number of sulfonamides is 1.